The summed E-state index contributed by atoms with van der Waals surface area (Å²) in [6.07, 6.45) is 1.61. The Balaban J connectivity index is 3.52. The van der Waals surface area contributed by atoms with Crippen molar-refractivity contribution in [3.63, 3.8) is 0 Å². The van der Waals surface area contributed by atoms with Crippen molar-refractivity contribution in [2.24, 2.45) is 0 Å². The average Bonchev–Trinajstić information content (AvgIpc) is 1.69. The fraction of sp³-hybridized carbons (Fsp3) is 0.800. The van der Waals surface area contributed by atoms with E-state index < -0.39 is 13.6 Å². The summed E-state index contributed by atoms with van der Waals surface area (Å²) in [6, 6.07) is 0. The Hall–Kier alpha value is -0.100. The summed E-state index contributed by atoms with van der Waals surface area (Å²) in [5.74, 6) is 0. The predicted octanol–water partition coefficient (Wildman–Crippen LogP) is 2.19. The summed E-state index contributed by atoms with van der Waals surface area (Å²) in [5, 5.41) is 8.40. The molecule has 0 saturated heterocycles. The van der Waals surface area contributed by atoms with Gasteiger partial charge >= 0.3 is 5.71 Å². The van der Waals surface area contributed by atoms with E-state index >= 15 is 0 Å². The first-order valence-corrected chi connectivity index (χ1v) is 4.41. The second kappa shape index (κ2) is 3.85. The molecule has 0 radical (unpaired) electrons. The summed E-state index contributed by atoms with van der Waals surface area (Å²) in [6.45, 7) is 3.84. The largest absolute Gasteiger partial charge is 0.478 e. The third-order valence-corrected chi connectivity index (χ3v) is 3.10. The van der Waals surface area contributed by atoms with Crippen LogP contribution in [0.25, 0.3) is 0 Å². The Morgan fingerprint density at radius 1 is 1.50 bits per heavy atom. The fourth-order valence-electron chi connectivity index (χ4n) is 0.494. The van der Waals surface area contributed by atoms with Crippen molar-refractivity contribution < 1.29 is 9.90 Å². The normalized spacial score (nSPS) is 9.88. The van der Waals surface area contributed by atoms with E-state index in [-0.39, 0.29) is 0 Å². The Morgan fingerprint density at radius 3 is 1.88 bits per heavy atom. The van der Waals surface area contributed by atoms with Gasteiger partial charge in [0.15, 0.2) is 0 Å². The maximum atomic E-state index is 10.2. The molecule has 0 heterocycles. The van der Waals surface area contributed by atoms with Gasteiger partial charge in [0.05, 0.1) is 0 Å². The molecule has 3 heteroatoms. The van der Waals surface area contributed by atoms with Crippen LogP contribution in [0, 0.1) is 0 Å². The molecule has 0 aromatic heterocycles. The van der Waals surface area contributed by atoms with E-state index in [2.05, 4.69) is 0 Å². The summed E-state index contributed by atoms with van der Waals surface area (Å²) in [5.41, 5.74) is -0.606. The van der Waals surface area contributed by atoms with E-state index in [4.69, 9.17) is 5.11 Å². The molecule has 0 fully saturated rings. The minimum absolute atomic E-state index is 0.606. The summed E-state index contributed by atoms with van der Waals surface area (Å²) in [7, 11) is -0.699. The van der Waals surface area contributed by atoms with E-state index in [0.29, 0.717) is 0 Å². The van der Waals surface area contributed by atoms with Gasteiger partial charge in [0.2, 0.25) is 0 Å². The number of hydrogen-bond donors (Lipinski definition) is 1. The van der Waals surface area contributed by atoms with Gasteiger partial charge in [-0.3, -0.25) is 0 Å². The molecule has 0 amide bonds. The van der Waals surface area contributed by atoms with Gasteiger partial charge in [-0.05, 0) is 12.3 Å². The lowest BCUT2D eigenvalue weighted by Crippen LogP contribution is -1.93. The molecule has 0 saturated carbocycles. The first-order valence-electron chi connectivity index (χ1n) is 2.70. The van der Waals surface area contributed by atoms with E-state index in [9.17, 15) is 4.79 Å². The lowest BCUT2D eigenvalue weighted by Gasteiger charge is -2.03. The molecule has 0 rings (SSSR count). The topological polar surface area (TPSA) is 37.3 Å². The molecule has 0 aromatic rings. The van der Waals surface area contributed by atoms with Crippen molar-refractivity contribution in [2.45, 2.75) is 13.8 Å². The molecule has 0 aliphatic rings. The highest BCUT2D eigenvalue weighted by atomic mass is 31.1. The van der Waals surface area contributed by atoms with Gasteiger partial charge in [0.1, 0.15) is 0 Å². The number of carboxylic acid groups (broad SMARTS) is 1. The van der Waals surface area contributed by atoms with Crippen LogP contribution in [-0.4, -0.2) is 23.1 Å². The van der Waals surface area contributed by atoms with Gasteiger partial charge in [-0.15, -0.1) is 0 Å². The first-order chi connectivity index (χ1) is 3.72. The van der Waals surface area contributed by atoms with Crippen molar-refractivity contribution in [2.75, 3.05) is 12.3 Å². The Labute approximate surface area is 50.7 Å². The Kier molecular flexibility index (Phi) is 3.80. The van der Waals surface area contributed by atoms with Crippen LogP contribution in [0.3, 0.4) is 0 Å². The zero-order chi connectivity index (χ0) is 6.57. The quantitative estimate of drug-likeness (QED) is 0.600. The highest BCUT2D eigenvalue weighted by Gasteiger charge is 2.09. The van der Waals surface area contributed by atoms with Gasteiger partial charge in [-0.2, -0.15) is 0 Å². The van der Waals surface area contributed by atoms with Crippen LogP contribution in [0.5, 0.6) is 0 Å². The molecular formula is C5H11O2P. The molecule has 0 bridgehead atoms. The highest BCUT2D eigenvalue weighted by Crippen LogP contribution is 2.34. The molecular weight excluding hydrogens is 123 g/mol. The molecule has 0 aromatic carbocycles. The van der Waals surface area contributed by atoms with Crippen LogP contribution in [0.15, 0.2) is 0 Å². The van der Waals surface area contributed by atoms with Crippen LogP contribution >= 0.6 is 7.92 Å². The number of carbonyl (C=O) groups is 1. The van der Waals surface area contributed by atoms with Crippen molar-refractivity contribution in [1.82, 2.24) is 0 Å². The molecule has 0 atom stereocenters. The highest BCUT2D eigenvalue weighted by molar-refractivity contribution is 7.74. The molecule has 48 valence electrons. The lowest BCUT2D eigenvalue weighted by molar-refractivity contribution is 0.221. The molecule has 8 heavy (non-hydrogen) atoms. The minimum atomic E-state index is -0.699. The van der Waals surface area contributed by atoms with Gasteiger partial charge in [-0.1, -0.05) is 13.8 Å². The standard InChI is InChI=1S/C5H11O2P/c1-3-8(4-2)5(6)7/h3-4H2,1-2H3,(H,6,7). The number of rotatable bonds is 3. The zero-order valence-corrected chi connectivity index (χ0v) is 6.11. The molecule has 0 aliphatic carbocycles. The number of hydrogen-bond acceptors (Lipinski definition) is 1. The van der Waals surface area contributed by atoms with E-state index in [0.717, 1.165) is 12.3 Å². The molecule has 1 N–H and O–H groups in total. The third-order valence-electron chi connectivity index (χ3n) is 1.03. The maximum absolute atomic E-state index is 10.2. The SMILES string of the molecule is CCP(CC)C(=O)O. The molecule has 0 unspecified atom stereocenters. The summed E-state index contributed by atoms with van der Waals surface area (Å²) in [4.78, 5) is 10.2. The minimum Gasteiger partial charge on any atom is -0.478 e. The second-order valence-corrected chi connectivity index (χ2v) is 4.18. The van der Waals surface area contributed by atoms with Crippen LogP contribution in [0.2, 0.25) is 0 Å². The monoisotopic (exact) mass is 134 g/mol. The smallest absolute Gasteiger partial charge is 0.323 e. The predicted molar refractivity (Wildman–Crippen MR) is 36.0 cm³/mol. The van der Waals surface area contributed by atoms with Crippen molar-refractivity contribution in [1.29, 1.82) is 0 Å². The summed E-state index contributed by atoms with van der Waals surface area (Å²) >= 11 is 0. The van der Waals surface area contributed by atoms with E-state index in [1.54, 1.807) is 0 Å². The van der Waals surface area contributed by atoms with Crippen LogP contribution < -0.4 is 0 Å². The average molecular weight is 134 g/mol. The first kappa shape index (κ1) is 7.90. The molecule has 2 nitrogen and oxygen atoms in total. The molecule has 0 spiro atoms. The van der Waals surface area contributed by atoms with Gasteiger partial charge in [-0.25, -0.2) is 4.79 Å². The fourth-order valence-corrected chi connectivity index (χ4v) is 1.48. The van der Waals surface area contributed by atoms with Gasteiger partial charge in [0, 0.05) is 7.92 Å². The van der Waals surface area contributed by atoms with Crippen molar-refractivity contribution >= 4 is 13.6 Å². The second-order valence-electron chi connectivity index (χ2n) is 1.45. The van der Waals surface area contributed by atoms with Crippen LogP contribution in [0.1, 0.15) is 13.8 Å². The molecule has 0 aliphatic heterocycles. The lowest BCUT2D eigenvalue weighted by atomic mass is 11.0. The zero-order valence-electron chi connectivity index (χ0n) is 5.22. The third kappa shape index (κ3) is 2.27. The summed E-state index contributed by atoms with van der Waals surface area (Å²) < 4.78 is 0. The maximum Gasteiger partial charge on any atom is 0.323 e. The van der Waals surface area contributed by atoms with Crippen molar-refractivity contribution in [3.05, 3.63) is 0 Å². The van der Waals surface area contributed by atoms with E-state index in [1.807, 2.05) is 13.8 Å². The van der Waals surface area contributed by atoms with Crippen LogP contribution in [-0.2, 0) is 0 Å². The van der Waals surface area contributed by atoms with Crippen LogP contribution in [0.4, 0.5) is 4.79 Å². The van der Waals surface area contributed by atoms with Gasteiger partial charge < -0.3 is 5.11 Å². The van der Waals surface area contributed by atoms with Gasteiger partial charge in [0.25, 0.3) is 0 Å². The van der Waals surface area contributed by atoms with Crippen molar-refractivity contribution in [3.8, 4) is 0 Å². The Morgan fingerprint density at radius 2 is 1.88 bits per heavy atom. The Bertz CT molecular complexity index is 78.5. The van der Waals surface area contributed by atoms with E-state index in [1.165, 1.54) is 0 Å².